The second kappa shape index (κ2) is 1.96. The van der Waals surface area contributed by atoms with Gasteiger partial charge in [0.1, 0.15) is 6.29 Å². The lowest BCUT2D eigenvalue weighted by molar-refractivity contribution is -0.106. The summed E-state index contributed by atoms with van der Waals surface area (Å²) in [5.41, 5.74) is 1.34. The summed E-state index contributed by atoms with van der Waals surface area (Å²) in [6.45, 7) is 4.47. The highest BCUT2D eigenvalue weighted by Crippen LogP contribution is 2.53. The van der Waals surface area contributed by atoms with Crippen molar-refractivity contribution in [3.8, 4) is 0 Å². The highest BCUT2D eigenvalue weighted by atomic mass is 16.1. The molecule has 1 heteroatoms. The number of fused-ring (bicyclic) bond motifs is 1. The van der Waals surface area contributed by atoms with E-state index in [1.807, 2.05) is 0 Å². The summed E-state index contributed by atoms with van der Waals surface area (Å²) in [5, 5.41) is 0. The van der Waals surface area contributed by atoms with Gasteiger partial charge < -0.3 is 0 Å². The molecule has 1 saturated carbocycles. The molecular weight excluding hydrogens is 136 g/mol. The minimum absolute atomic E-state index is 0.283. The number of carbonyl (C=O) groups is 1. The Morgan fingerprint density at radius 3 is 2.55 bits per heavy atom. The molecule has 3 aliphatic carbocycles. The van der Waals surface area contributed by atoms with E-state index in [-0.39, 0.29) is 5.41 Å². The van der Waals surface area contributed by atoms with Gasteiger partial charge in [-0.1, -0.05) is 19.9 Å². The quantitative estimate of drug-likeness (QED) is 0.523. The van der Waals surface area contributed by atoms with Crippen LogP contribution in [0.1, 0.15) is 26.7 Å². The van der Waals surface area contributed by atoms with E-state index in [1.54, 1.807) is 0 Å². The number of hydrogen-bond donors (Lipinski definition) is 0. The molecule has 0 aromatic heterocycles. The third-order valence-electron chi connectivity index (χ3n) is 3.34. The van der Waals surface area contributed by atoms with E-state index in [1.165, 1.54) is 12.8 Å². The summed E-state index contributed by atoms with van der Waals surface area (Å²) >= 11 is 0. The first-order valence-corrected chi connectivity index (χ1v) is 4.31. The zero-order valence-electron chi connectivity index (χ0n) is 7.13. The Balaban J connectivity index is 2.34. The van der Waals surface area contributed by atoms with Crippen LogP contribution in [-0.4, -0.2) is 6.29 Å². The second-order valence-electron chi connectivity index (χ2n) is 4.45. The fourth-order valence-electron chi connectivity index (χ4n) is 2.29. The van der Waals surface area contributed by atoms with Gasteiger partial charge in [-0.25, -0.2) is 0 Å². The highest BCUT2D eigenvalue weighted by Gasteiger charge is 2.44. The molecule has 0 aromatic carbocycles. The molecule has 0 unspecified atom stereocenters. The Kier molecular flexibility index (Phi) is 1.26. The summed E-state index contributed by atoms with van der Waals surface area (Å²) in [6, 6.07) is 0. The number of allylic oxidation sites excluding steroid dienone is 2. The number of aldehydes is 1. The van der Waals surface area contributed by atoms with Crippen LogP contribution in [0, 0.1) is 17.3 Å². The molecule has 2 bridgehead atoms. The number of carbonyl (C=O) groups excluding carboxylic acids is 1. The second-order valence-corrected chi connectivity index (χ2v) is 4.45. The van der Waals surface area contributed by atoms with Crippen LogP contribution >= 0.6 is 0 Å². The van der Waals surface area contributed by atoms with Crippen molar-refractivity contribution in [3.05, 3.63) is 11.6 Å². The van der Waals surface area contributed by atoms with Crippen molar-refractivity contribution < 1.29 is 4.79 Å². The molecule has 0 radical (unpaired) electrons. The first kappa shape index (κ1) is 7.08. The van der Waals surface area contributed by atoms with E-state index in [0.717, 1.165) is 17.8 Å². The molecular formula is C10H14O. The van der Waals surface area contributed by atoms with Gasteiger partial charge in [0, 0.05) is 0 Å². The molecule has 11 heavy (non-hydrogen) atoms. The topological polar surface area (TPSA) is 17.1 Å². The first-order valence-electron chi connectivity index (χ1n) is 4.31. The molecule has 0 spiro atoms. The molecule has 0 amide bonds. The van der Waals surface area contributed by atoms with Crippen LogP contribution in [-0.2, 0) is 4.79 Å². The van der Waals surface area contributed by atoms with Gasteiger partial charge in [-0.15, -0.1) is 0 Å². The van der Waals surface area contributed by atoms with Gasteiger partial charge in [0.15, 0.2) is 0 Å². The van der Waals surface area contributed by atoms with Gasteiger partial charge >= 0.3 is 0 Å². The average molecular weight is 150 g/mol. The maximum atomic E-state index is 10.6. The van der Waals surface area contributed by atoms with Crippen LogP contribution in [0.5, 0.6) is 0 Å². The van der Waals surface area contributed by atoms with E-state index in [2.05, 4.69) is 19.9 Å². The molecule has 0 N–H and O–H groups in total. The van der Waals surface area contributed by atoms with Crippen LogP contribution in [0.4, 0.5) is 0 Å². The fraction of sp³-hybridized carbons (Fsp3) is 0.700. The average Bonchev–Trinajstić information content (AvgIpc) is 1.81. The van der Waals surface area contributed by atoms with Crippen molar-refractivity contribution in [3.63, 3.8) is 0 Å². The van der Waals surface area contributed by atoms with Crippen LogP contribution < -0.4 is 0 Å². The minimum Gasteiger partial charge on any atom is -0.298 e. The highest BCUT2D eigenvalue weighted by molar-refractivity contribution is 5.75. The molecule has 0 saturated heterocycles. The van der Waals surface area contributed by atoms with E-state index < -0.39 is 0 Å². The Hall–Kier alpha value is -0.590. The zero-order chi connectivity index (χ0) is 8.06. The molecule has 0 aliphatic heterocycles. The Morgan fingerprint density at radius 2 is 2.18 bits per heavy atom. The number of rotatable bonds is 1. The lowest BCUT2D eigenvalue weighted by Gasteiger charge is -2.49. The summed E-state index contributed by atoms with van der Waals surface area (Å²) in [5.74, 6) is 1.46. The van der Waals surface area contributed by atoms with Crippen molar-refractivity contribution in [2.75, 3.05) is 0 Å². The monoisotopic (exact) mass is 150 g/mol. The maximum Gasteiger partial charge on any atom is 0.146 e. The molecule has 1 fully saturated rings. The van der Waals surface area contributed by atoms with Gasteiger partial charge in [-0.3, -0.25) is 4.79 Å². The summed E-state index contributed by atoms with van der Waals surface area (Å²) in [4.78, 5) is 10.6. The van der Waals surface area contributed by atoms with Crippen LogP contribution in [0.15, 0.2) is 11.6 Å². The van der Waals surface area contributed by atoms with Gasteiger partial charge in [0.05, 0.1) is 0 Å². The molecule has 0 aromatic rings. The predicted octanol–water partition coefficient (Wildman–Crippen LogP) is 2.18. The Morgan fingerprint density at radius 1 is 1.55 bits per heavy atom. The van der Waals surface area contributed by atoms with Crippen molar-refractivity contribution in [1.29, 1.82) is 0 Å². The van der Waals surface area contributed by atoms with E-state index in [4.69, 9.17) is 0 Å². The molecule has 1 nitrogen and oxygen atoms in total. The van der Waals surface area contributed by atoms with E-state index in [9.17, 15) is 4.79 Å². The zero-order valence-corrected chi connectivity index (χ0v) is 7.13. The SMILES string of the molecule is CC1(C)C=C(C=O)C2CC1C2. The minimum atomic E-state index is 0.283. The van der Waals surface area contributed by atoms with Crippen LogP contribution in [0.3, 0.4) is 0 Å². The molecule has 3 aliphatic rings. The lowest BCUT2D eigenvalue weighted by Crippen LogP contribution is -2.40. The third-order valence-corrected chi connectivity index (χ3v) is 3.34. The first-order chi connectivity index (χ1) is 5.13. The van der Waals surface area contributed by atoms with Gasteiger partial charge in [0.2, 0.25) is 0 Å². The van der Waals surface area contributed by atoms with Crippen molar-refractivity contribution >= 4 is 6.29 Å². The third kappa shape index (κ3) is 0.867. The normalized spacial score (nSPS) is 38.9. The summed E-state index contributed by atoms with van der Waals surface area (Å²) in [6.07, 6.45) is 5.71. The van der Waals surface area contributed by atoms with Crippen molar-refractivity contribution in [2.45, 2.75) is 26.7 Å². The van der Waals surface area contributed by atoms with Gasteiger partial charge in [-0.05, 0) is 35.7 Å². The molecule has 3 rings (SSSR count). The maximum absolute atomic E-state index is 10.6. The van der Waals surface area contributed by atoms with Crippen molar-refractivity contribution in [2.24, 2.45) is 17.3 Å². The summed E-state index contributed by atoms with van der Waals surface area (Å²) in [7, 11) is 0. The van der Waals surface area contributed by atoms with Crippen molar-refractivity contribution in [1.82, 2.24) is 0 Å². The Labute approximate surface area is 67.5 Å². The van der Waals surface area contributed by atoms with E-state index >= 15 is 0 Å². The number of hydrogen-bond acceptors (Lipinski definition) is 1. The molecule has 0 atom stereocenters. The standard InChI is InChI=1S/C10H14O/c1-10(2)5-8(6-11)7-3-9(10)4-7/h5-7,9H,3-4H2,1-2H3. The van der Waals surface area contributed by atoms with Crippen LogP contribution in [0.2, 0.25) is 0 Å². The Bertz CT molecular complexity index is 219. The molecule has 0 heterocycles. The van der Waals surface area contributed by atoms with Gasteiger partial charge in [0.25, 0.3) is 0 Å². The fourth-order valence-corrected chi connectivity index (χ4v) is 2.29. The largest absolute Gasteiger partial charge is 0.298 e. The van der Waals surface area contributed by atoms with E-state index in [0.29, 0.717) is 5.92 Å². The van der Waals surface area contributed by atoms with Gasteiger partial charge in [-0.2, -0.15) is 0 Å². The lowest BCUT2D eigenvalue weighted by atomic mass is 9.55. The smallest absolute Gasteiger partial charge is 0.146 e. The van der Waals surface area contributed by atoms with Crippen LogP contribution in [0.25, 0.3) is 0 Å². The molecule has 60 valence electrons. The summed E-state index contributed by atoms with van der Waals surface area (Å²) < 4.78 is 0. The predicted molar refractivity (Wildman–Crippen MR) is 44.1 cm³/mol.